The van der Waals surface area contributed by atoms with Gasteiger partial charge in [-0.3, -0.25) is 4.79 Å². The van der Waals surface area contributed by atoms with E-state index in [-0.39, 0.29) is 5.92 Å². The third-order valence-electron chi connectivity index (χ3n) is 3.68. The summed E-state index contributed by atoms with van der Waals surface area (Å²) in [7, 11) is 0. The van der Waals surface area contributed by atoms with Crippen molar-refractivity contribution < 1.29 is 9.90 Å². The van der Waals surface area contributed by atoms with Crippen LogP contribution in [0.2, 0.25) is 0 Å². The van der Waals surface area contributed by atoms with Crippen LogP contribution in [0.5, 0.6) is 0 Å². The lowest BCUT2D eigenvalue weighted by molar-refractivity contribution is -0.143. The Bertz CT molecular complexity index is 488. The molecule has 0 radical (unpaired) electrons. The fourth-order valence-corrected chi connectivity index (χ4v) is 2.49. The summed E-state index contributed by atoms with van der Waals surface area (Å²) < 4.78 is 0. The van der Waals surface area contributed by atoms with Crippen LogP contribution in [0, 0.1) is 23.2 Å². The molecule has 1 aromatic heterocycles. The van der Waals surface area contributed by atoms with E-state index in [1.54, 1.807) is 18.3 Å². The van der Waals surface area contributed by atoms with Gasteiger partial charge in [0.2, 0.25) is 0 Å². The molecule has 100 valence electrons. The maximum Gasteiger partial charge on any atom is 0.306 e. The van der Waals surface area contributed by atoms with E-state index in [0.29, 0.717) is 17.3 Å². The second-order valence-corrected chi connectivity index (χ2v) is 4.95. The van der Waals surface area contributed by atoms with Crippen molar-refractivity contribution in [2.75, 3.05) is 11.9 Å². The second kappa shape index (κ2) is 6.19. The average Bonchev–Trinajstić information content (AvgIpc) is 2.45. The number of carboxylic acids is 1. The van der Waals surface area contributed by atoms with Gasteiger partial charge in [-0.2, -0.15) is 5.26 Å². The fourth-order valence-electron chi connectivity index (χ4n) is 2.49. The number of rotatable bonds is 4. The largest absolute Gasteiger partial charge is 0.481 e. The van der Waals surface area contributed by atoms with E-state index in [2.05, 4.69) is 16.4 Å². The Kier molecular flexibility index (Phi) is 4.35. The molecule has 0 aromatic carbocycles. The minimum absolute atomic E-state index is 0.180. The maximum absolute atomic E-state index is 10.9. The molecule has 1 fully saturated rings. The van der Waals surface area contributed by atoms with E-state index < -0.39 is 5.97 Å². The molecule has 1 aliphatic carbocycles. The first-order valence-electron chi connectivity index (χ1n) is 6.52. The highest BCUT2D eigenvalue weighted by atomic mass is 16.4. The summed E-state index contributed by atoms with van der Waals surface area (Å²) in [4.78, 5) is 15.0. The molecule has 1 saturated carbocycles. The van der Waals surface area contributed by atoms with Crippen molar-refractivity contribution in [2.24, 2.45) is 11.8 Å². The Hall–Kier alpha value is -2.09. The van der Waals surface area contributed by atoms with Gasteiger partial charge < -0.3 is 10.4 Å². The highest BCUT2D eigenvalue weighted by molar-refractivity contribution is 5.70. The quantitative estimate of drug-likeness (QED) is 0.866. The van der Waals surface area contributed by atoms with Crippen LogP contribution < -0.4 is 5.32 Å². The molecule has 2 N–H and O–H groups in total. The number of aliphatic carboxylic acids is 1. The van der Waals surface area contributed by atoms with E-state index >= 15 is 0 Å². The molecule has 1 aromatic rings. The van der Waals surface area contributed by atoms with Crippen LogP contribution in [-0.4, -0.2) is 22.6 Å². The summed E-state index contributed by atoms with van der Waals surface area (Å²) in [5.41, 5.74) is 0.543. The van der Waals surface area contributed by atoms with Crippen LogP contribution in [0.1, 0.15) is 31.2 Å². The molecular formula is C14H17N3O2. The van der Waals surface area contributed by atoms with Crippen molar-refractivity contribution in [1.29, 1.82) is 5.26 Å². The standard InChI is InChI=1S/C14H17N3O2/c15-8-12-2-1-7-16-13(12)17-9-10-3-5-11(6-4-10)14(18)19/h1-2,7,10-11H,3-6,9H2,(H,16,17)(H,18,19). The van der Waals surface area contributed by atoms with Crippen molar-refractivity contribution in [3.05, 3.63) is 23.9 Å². The number of nitrogens with one attached hydrogen (secondary N) is 1. The molecular weight excluding hydrogens is 242 g/mol. The fraction of sp³-hybridized carbons (Fsp3) is 0.500. The molecule has 0 aliphatic heterocycles. The first kappa shape index (κ1) is 13.3. The lowest BCUT2D eigenvalue weighted by Gasteiger charge is -2.26. The monoisotopic (exact) mass is 259 g/mol. The summed E-state index contributed by atoms with van der Waals surface area (Å²) >= 11 is 0. The van der Waals surface area contributed by atoms with Gasteiger partial charge in [-0.15, -0.1) is 0 Å². The summed E-state index contributed by atoms with van der Waals surface area (Å²) in [6.45, 7) is 0.748. The van der Waals surface area contributed by atoms with Gasteiger partial charge in [0.1, 0.15) is 11.9 Å². The van der Waals surface area contributed by atoms with E-state index in [1.165, 1.54) is 0 Å². The smallest absolute Gasteiger partial charge is 0.306 e. The van der Waals surface area contributed by atoms with Crippen molar-refractivity contribution >= 4 is 11.8 Å². The topological polar surface area (TPSA) is 86.0 Å². The molecule has 0 saturated heterocycles. The number of nitrogens with zero attached hydrogens (tertiary/aromatic N) is 2. The minimum Gasteiger partial charge on any atom is -0.481 e. The predicted molar refractivity (Wildman–Crippen MR) is 70.5 cm³/mol. The molecule has 0 unspecified atom stereocenters. The Morgan fingerprint density at radius 3 is 2.84 bits per heavy atom. The van der Waals surface area contributed by atoms with Gasteiger partial charge in [0, 0.05) is 12.7 Å². The third-order valence-corrected chi connectivity index (χ3v) is 3.68. The molecule has 0 bridgehead atoms. The van der Waals surface area contributed by atoms with Gasteiger partial charge in [0.25, 0.3) is 0 Å². The summed E-state index contributed by atoms with van der Waals surface area (Å²) in [6.07, 6.45) is 4.98. The van der Waals surface area contributed by atoms with Gasteiger partial charge >= 0.3 is 5.97 Å². The van der Waals surface area contributed by atoms with Crippen LogP contribution in [0.3, 0.4) is 0 Å². The molecule has 1 heterocycles. The summed E-state index contributed by atoms with van der Waals surface area (Å²) in [5, 5.41) is 21.1. The van der Waals surface area contributed by atoms with Gasteiger partial charge in [-0.25, -0.2) is 4.98 Å². The molecule has 2 rings (SSSR count). The van der Waals surface area contributed by atoms with E-state index in [9.17, 15) is 4.79 Å². The number of carbonyl (C=O) groups is 1. The zero-order chi connectivity index (χ0) is 13.7. The Labute approximate surface area is 112 Å². The molecule has 0 spiro atoms. The zero-order valence-corrected chi connectivity index (χ0v) is 10.7. The normalized spacial score (nSPS) is 22.5. The molecule has 19 heavy (non-hydrogen) atoms. The third kappa shape index (κ3) is 3.44. The van der Waals surface area contributed by atoms with Crippen LogP contribution in [-0.2, 0) is 4.79 Å². The van der Waals surface area contributed by atoms with E-state index in [1.807, 2.05) is 0 Å². The van der Waals surface area contributed by atoms with Crippen molar-refractivity contribution in [3.8, 4) is 6.07 Å². The molecule has 5 heteroatoms. The highest BCUT2D eigenvalue weighted by Crippen LogP contribution is 2.29. The van der Waals surface area contributed by atoms with Gasteiger partial charge in [0.15, 0.2) is 0 Å². The Morgan fingerprint density at radius 2 is 2.21 bits per heavy atom. The average molecular weight is 259 g/mol. The van der Waals surface area contributed by atoms with E-state index in [0.717, 1.165) is 32.2 Å². The van der Waals surface area contributed by atoms with Crippen molar-refractivity contribution in [3.63, 3.8) is 0 Å². The van der Waals surface area contributed by atoms with E-state index in [4.69, 9.17) is 10.4 Å². The second-order valence-electron chi connectivity index (χ2n) is 4.95. The predicted octanol–water partition coefficient (Wildman–Crippen LogP) is 2.26. The SMILES string of the molecule is N#Cc1cccnc1NCC1CCC(C(=O)O)CC1. The van der Waals surface area contributed by atoms with Gasteiger partial charge in [-0.05, 0) is 43.7 Å². The van der Waals surface area contributed by atoms with Crippen molar-refractivity contribution in [2.45, 2.75) is 25.7 Å². The summed E-state index contributed by atoms with van der Waals surface area (Å²) in [6, 6.07) is 5.57. The highest BCUT2D eigenvalue weighted by Gasteiger charge is 2.25. The Balaban J connectivity index is 1.84. The Morgan fingerprint density at radius 1 is 1.47 bits per heavy atom. The zero-order valence-electron chi connectivity index (χ0n) is 10.7. The van der Waals surface area contributed by atoms with Gasteiger partial charge in [0.05, 0.1) is 11.5 Å². The maximum atomic E-state index is 10.9. The van der Waals surface area contributed by atoms with Crippen molar-refractivity contribution in [1.82, 2.24) is 4.98 Å². The number of hydrogen-bond donors (Lipinski definition) is 2. The lowest BCUT2D eigenvalue weighted by Crippen LogP contribution is -2.25. The van der Waals surface area contributed by atoms with Gasteiger partial charge in [-0.1, -0.05) is 0 Å². The first-order chi connectivity index (χ1) is 9.20. The van der Waals surface area contributed by atoms with Crippen LogP contribution in [0.25, 0.3) is 0 Å². The van der Waals surface area contributed by atoms with Crippen LogP contribution in [0.15, 0.2) is 18.3 Å². The van der Waals surface area contributed by atoms with Crippen LogP contribution >= 0.6 is 0 Å². The number of carboxylic acid groups (broad SMARTS) is 1. The molecule has 1 aliphatic rings. The minimum atomic E-state index is -0.678. The molecule has 0 amide bonds. The number of nitriles is 1. The molecule has 5 nitrogen and oxygen atoms in total. The number of anilines is 1. The lowest BCUT2D eigenvalue weighted by atomic mass is 9.82. The number of hydrogen-bond acceptors (Lipinski definition) is 4. The summed E-state index contributed by atoms with van der Waals surface area (Å²) in [5.74, 6) is 0.221. The molecule has 0 atom stereocenters. The number of aromatic nitrogens is 1. The number of pyridine rings is 1. The first-order valence-corrected chi connectivity index (χ1v) is 6.52. The van der Waals surface area contributed by atoms with Crippen LogP contribution in [0.4, 0.5) is 5.82 Å².